The summed E-state index contributed by atoms with van der Waals surface area (Å²) < 4.78 is 27.0. The lowest BCUT2D eigenvalue weighted by molar-refractivity contribution is -0.116. The zero-order valence-electron chi connectivity index (χ0n) is 12.2. The number of rotatable bonds is 7. The van der Waals surface area contributed by atoms with Crippen molar-refractivity contribution in [3.8, 4) is 0 Å². The van der Waals surface area contributed by atoms with Crippen LogP contribution in [0.5, 0.6) is 0 Å². The first kappa shape index (κ1) is 16.6. The molecule has 0 saturated heterocycles. The first-order chi connectivity index (χ1) is 10.5. The largest absolute Gasteiger partial charge is 0.301 e. The summed E-state index contributed by atoms with van der Waals surface area (Å²) in [5.41, 5.74) is 1.18. The van der Waals surface area contributed by atoms with E-state index in [2.05, 4.69) is 14.7 Å². The molecule has 2 aromatic rings. The Morgan fingerprint density at radius 3 is 2.68 bits per heavy atom. The Balaban J connectivity index is 1.82. The van der Waals surface area contributed by atoms with Crippen molar-refractivity contribution in [1.29, 1.82) is 0 Å². The van der Waals surface area contributed by atoms with Gasteiger partial charge in [-0.1, -0.05) is 37.3 Å². The average molecular weight is 339 g/mol. The van der Waals surface area contributed by atoms with Gasteiger partial charge in [-0.3, -0.25) is 4.79 Å². The third-order valence-corrected chi connectivity index (χ3v) is 5.27. The zero-order chi connectivity index (χ0) is 16.0. The van der Waals surface area contributed by atoms with Crippen molar-refractivity contribution in [1.82, 2.24) is 9.36 Å². The Labute approximate surface area is 133 Å². The Morgan fingerprint density at radius 1 is 1.27 bits per heavy atom. The van der Waals surface area contributed by atoms with Gasteiger partial charge in [0.25, 0.3) is 5.16 Å². The summed E-state index contributed by atoms with van der Waals surface area (Å²) in [7, 11) is -3.43. The zero-order valence-corrected chi connectivity index (χ0v) is 13.8. The lowest BCUT2D eigenvalue weighted by Crippen LogP contribution is -2.12. The van der Waals surface area contributed by atoms with Gasteiger partial charge in [0.1, 0.15) is 0 Å². The van der Waals surface area contributed by atoms with Crippen LogP contribution in [0.3, 0.4) is 0 Å². The van der Waals surface area contributed by atoms with Gasteiger partial charge in [-0.15, -0.1) is 0 Å². The molecule has 118 valence electrons. The van der Waals surface area contributed by atoms with E-state index in [9.17, 15) is 13.2 Å². The number of carbonyl (C=O) groups is 1. The highest BCUT2D eigenvalue weighted by molar-refractivity contribution is 7.91. The maximum atomic E-state index is 11.8. The fourth-order valence-corrected chi connectivity index (χ4v) is 3.40. The molecule has 1 aromatic carbocycles. The first-order valence-electron chi connectivity index (χ1n) is 6.91. The van der Waals surface area contributed by atoms with Crippen LogP contribution in [0.2, 0.25) is 0 Å². The quantitative estimate of drug-likeness (QED) is 0.836. The van der Waals surface area contributed by atoms with Crippen molar-refractivity contribution in [3.63, 3.8) is 0 Å². The van der Waals surface area contributed by atoms with Crippen LogP contribution < -0.4 is 5.32 Å². The van der Waals surface area contributed by atoms with E-state index in [1.807, 2.05) is 30.3 Å². The normalized spacial score (nSPS) is 11.3. The number of aromatic nitrogens is 2. The van der Waals surface area contributed by atoms with Crippen LogP contribution in [0.4, 0.5) is 5.13 Å². The number of nitrogens with one attached hydrogen (secondary N) is 1. The number of nitrogens with zero attached hydrogens (tertiary/aromatic N) is 2. The summed E-state index contributed by atoms with van der Waals surface area (Å²) in [6, 6.07) is 9.92. The van der Waals surface area contributed by atoms with E-state index >= 15 is 0 Å². The van der Waals surface area contributed by atoms with Crippen LogP contribution in [0.25, 0.3) is 0 Å². The van der Waals surface area contributed by atoms with Gasteiger partial charge in [-0.2, -0.15) is 9.36 Å². The van der Waals surface area contributed by atoms with Crippen LogP contribution >= 0.6 is 11.5 Å². The van der Waals surface area contributed by atoms with Crippen LogP contribution in [0.15, 0.2) is 35.5 Å². The SMILES string of the molecule is CCS(=O)(=O)c1nsc(NC(=O)CCCc2ccccc2)n1. The molecular formula is C14H17N3O3S2. The molecule has 0 aliphatic carbocycles. The van der Waals surface area contributed by atoms with Gasteiger partial charge in [0.05, 0.1) is 5.75 Å². The van der Waals surface area contributed by atoms with Crippen LogP contribution in [0, 0.1) is 0 Å². The van der Waals surface area contributed by atoms with Crippen molar-refractivity contribution in [2.45, 2.75) is 31.3 Å². The minimum Gasteiger partial charge on any atom is -0.301 e. The molecule has 0 fully saturated rings. The minimum absolute atomic E-state index is 0.0613. The second-order valence-corrected chi connectivity index (χ2v) is 7.60. The molecule has 6 nitrogen and oxygen atoms in total. The van der Waals surface area contributed by atoms with Gasteiger partial charge in [-0.05, 0) is 18.4 Å². The highest BCUT2D eigenvalue weighted by Gasteiger charge is 2.18. The molecule has 1 aromatic heterocycles. The van der Waals surface area contributed by atoms with E-state index in [0.29, 0.717) is 6.42 Å². The van der Waals surface area contributed by atoms with Crippen molar-refractivity contribution in [2.75, 3.05) is 11.1 Å². The van der Waals surface area contributed by atoms with Crippen molar-refractivity contribution in [2.24, 2.45) is 0 Å². The number of benzene rings is 1. The molecule has 2 rings (SSSR count). The summed E-state index contributed by atoms with van der Waals surface area (Å²) in [4.78, 5) is 15.7. The fourth-order valence-electron chi connectivity index (χ4n) is 1.80. The van der Waals surface area contributed by atoms with Crippen LogP contribution in [-0.2, 0) is 21.1 Å². The smallest absolute Gasteiger partial charge is 0.260 e. The summed E-state index contributed by atoms with van der Waals surface area (Å²) >= 11 is 0.878. The minimum atomic E-state index is -3.43. The number of hydrogen-bond acceptors (Lipinski definition) is 6. The molecule has 1 N–H and O–H groups in total. The molecule has 0 bridgehead atoms. The maximum Gasteiger partial charge on any atom is 0.260 e. The number of carbonyl (C=O) groups excluding carboxylic acids is 1. The fraction of sp³-hybridized carbons (Fsp3) is 0.357. The lowest BCUT2D eigenvalue weighted by Gasteiger charge is -2.02. The predicted molar refractivity (Wildman–Crippen MR) is 85.6 cm³/mol. The van der Waals surface area contributed by atoms with Crippen molar-refractivity contribution >= 4 is 32.4 Å². The topological polar surface area (TPSA) is 89.0 Å². The number of amides is 1. The van der Waals surface area contributed by atoms with Gasteiger partial charge in [0.15, 0.2) is 0 Å². The Bertz CT molecular complexity index is 727. The molecule has 1 heterocycles. The summed E-state index contributed by atoms with van der Waals surface area (Å²) in [5, 5.41) is 2.58. The standard InChI is InChI=1S/C14H17N3O3S2/c1-2-22(19,20)14-16-13(21-17-14)15-12(18)10-6-9-11-7-4-3-5-8-11/h3-5,7-8H,2,6,9-10H2,1H3,(H,15,16,17,18). The van der Waals surface area contributed by atoms with Gasteiger partial charge in [0.2, 0.25) is 20.9 Å². The van der Waals surface area contributed by atoms with Crippen LogP contribution in [-0.4, -0.2) is 29.4 Å². The van der Waals surface area contributed by atoms with E-state index < -0.39 is 9.84 Å². The number of sulfone groups is 1. The van der Waals surface area contributed by atoms with E-state index in [-0.39, 0.29) is 21.9 Å². The highest BCUT2D eigenvalue weighted by atomic mass is 32.2. The maximum absolute atomic E-state index is 11.8. The Morgan fingerprint density at radius 2 is 2.00 bits per heavy atom. The summed E-state index contributed by atoms with van der Waals surface area (Å²) in [6.45, 7) is 1.53. The number of hydrogen-bond donors (Lipinski definition) is 1. The predicted octanol–water partition coefficient (Wildman–Crippen LogP) is 2.29. The molecule has 1 amide bonds. The molecule has 0 unspecified atom stereocenters. The lowest BCUT2D eigenvalue weighted by atomic mass is 10.1. The van der Waals surface area contributed by atoms with E-state index in [1.54, 1.807) is 0 Å². The molecular weight excluding hydrogens is 322 g/mol. The monoisotopic (exact) mass is 339 g/mol. The van der Waals surface area contributed by atoms with E-state index in [4.69, 9.17) is 0 Å². The Hall–Kier alpha value is -1.80. The van der Waals surface area contributed by atoms with E-state index in [0.717, 1.165) is 24.4 Å². The third kappa shape index (κ3) is 4.60. The molecule has 0 spiro atoms. The van der Waals surface area contributed by atoms with E-state index in [1.165, 1.54) is 12.5 Å². The molecule has 8 heteroatoms. The van der Waals surface area contributed by atoms with Crippen molar-refractivity contribution < 1.29 is 13.2 Å². The van der Waals surface area contributed by atoms with Gasteiger partial charge < -0.3 is 5.32 Å². The summed E-state index contributed by atoms with van der Waals surface area (Å²) in [6.07, 6.45) is 1.89. The number of aryl methyl sites for hydroxylation is 1. The molecule has 0 radical (unpaired) electrons. The van der Waals surface area contributed by atoms with Crippen LogP contribution in [0.1, 0.15) is 25.3 Å². The van der Waals surface area contributed by atoms with Gasteiger partial charge in [0, 0.05) is 18.0 Å². The molecule has 0 aliphatic heterocycles. The van der Waals surface area contributed by atoms with Crippen molar-refractivity contribution in [3.05, 3.63) is 35.9 Å². The second kappa shape index (κ2) is 7.46. The molecule has 0 saturated carbocycles. The second-order valence-electron chi connectivity index (χ2n) is 4.67. The summed E-state index contributed by atoms with van der Waals surface area (Å²) in [5.74, 6) is -0.249. The number of anilines is 1. The first-order valence-corrected chi connectivity index (χ1v) is 9.34. The Kier molecular flexibility index (Phi) is 5.62. The highest BCUT2D eigenvalue weighted by Crippen LogP contribution is 2.16. The van der Waals surface area contributed by atoms with Gasteiger partial charge >= 0.3 is 0 Å². The average Bonchev–Trinajstić information content (AvgIpc) is 2.97. The molecule has 0 aliphatic rings. The third-order valence-electron chi connectivity index (χ3n) is 3.02. The molecule has 0 atom stereocenters. The van der Waals surface area contributed by atoms with Gasteiger partial charge in [-0.25, -0.2) is 8.42 Å². The molecule has 22 heavy (non-hydrogen) atoms.